The zero-order chi connectivity index (χ0) is 15.9. The van der Waals surface area contributed by atoms with E-state index in [0.29, 0.717) is 11.3 Å². The van der Waals surface area contributed by atoms with Gasteiger partial charge in [0.25, 0.3) is 10.0 Å². The number of rotatable bonds is 3. The summed E-state index contributed by atoms with van der Waals surface area (Å²) in [7, 11) is -4.02. The Hall–Kier alpha value is -2.54. The highest BCUT2D eigenvalue weighted by molar-refractivity contribution is 7.93. The topological polar surface area (TPSA) is 94.9 Å². The maximum atomic E-state index is 12.8. The first-order valence-electron chi connectivity index (χ1n) is 6.55. The number of aromatic hydroxyl groups is 1. The third kappa shape index (κ3) is 2.19. The number of hydrogen-bond donors (Lipinski definition) is 2. The largest absolute Gasteiger partial charge is 0.508 e. The number of para-hydroxylation sites is 1. The van der Waals surface area contributed by atoms with E-state index in [0.717, 1.165) is 4.31 Å². The zero-order valence-corrected chi connectivity index (χ0v) is 12.2. The average molecular weight is 319 g/mol. The quantitative estimate of drug-likeness (QED) is 0.896. The van der Waals surface area contributed by atoms with Gasteiger partial charge in [0.1, 0.15) is 11.8 Å². The van der Waals surface area contributed by atoms with Crippen LogP contribution in [-0.2, 0) is 21.2 Å². The number of carbonyl (C=O) groups is 1. The molecule has 0 radical (unpaired) electrons. The van der Waals surface area contributed by atoms with E-state index in [2.05, 4.69) is 0 Å². The van der Waals surface area contributed by atoms with Gasteiger partial charge in [0.05, 0.1) is 10.6 Å². The van der Waals surface area contributed by atoms with E-state index in [1.165, 1.54) is 24.3 Å². The summed E-state index contributed by atoms with van der Waals surface area (Å²) >= 11 is 0. The van der Waals surface area contributed by atoms with Crippen LogP contribution in [0.1, 0.15) is 5.56 Å². The lowest BCUT2D eigenvalue weighted by molar-refractivity contribution is -0.138. The Morgan fingerprint density at radius 2 is 1.73 bits per heavy atom. The third-order valence-electron chi connectivity index (χ3n) is 3.60. The Labute approximate surface area is 127 Å². The molecule has 2 N–H and O–H groups in total. The average Bonchev–Trinajstić information content (AvgIpc) is 2.88. The first-order valence-corrected chi connectivity index (χ1v) is 7.99. The molecule has 0 amide bonds. The molecule has 0 aromatic heterocycles. The smallest absolute Gasteiger partial charge is 0.327 e. The van der Waals surface area contributed by atoms with Gasteiger partial charge in [-0.05, 0) is 35.9 Å². The van der Waals surface area contributed by atoms with Crippen molar-refractivity contribution in [1.82, 2.24) is 0 Å². The Morgan fingerprint density at radius 3 is 2.36 bits per heavy atom. The molecule has 0 saturated heterocycles. The Balaban J connectivity index is 2.14. The van der Waals surface area contributed by atoms with Crippen LogP contribution in [-0.4, -0.2) is 30.6 Å². The molecule has 0 spiro atoms. The number of phenols is 1. The predicted octanol–water partition coefficient (Wildman–Crippen LogP) is 1.60. The van der Waals surface area contributed by atoms with Crippen LogP contribution < -0.4 is 4.31 Å². The molecular weight excluding hydrogens is 306 g/mol. The van der Waals surface area contributed by atoms with Crippen molar-refractivity contribution >= 4 is 21.7 Å². The highest BCUT2D eigenvalue weighted by atomic mass is 32.2. The number of carboxylic acids is 1. The normalized spacial score (nSPS) is 17.3. The van der Waals surface area contributed by atoms with Crippen LogP contribution in [0.3, 0.4) is 0 Å². The maximum Gasteiger partial charge on any atom is 0.327 e. The summed E-state index contributed by atoms with van der Waals surface area (Å²) < 4.78 is 26.6. The van der Waals surface area contributed by atoms with Crippen molar-refractivity contribution in [3.8, 4) is 5.75 Å². The SMILES string of the molecule is O=C(O)[C@@H]1Cc2ccccc2N1S(=O)(=O)c1ccc(O)cc1. The number of nitrogens with zero attached hydrogens (tertiary/aromatic N) is 1. The van der Waals surface area contributed by atoms with Gasteiger partial charge in [0.2, 0.25) is 0 Å². The fourth-order valence-electron chi connectivity index (χ4n) is 2.57. The number of sulfonamides is 1. The van der Waals surface area contributed by atoms with Crippen LogP contribution in [0, 0.1) is 0 Å². The third-order valence-corrected chi connectivity index (χ3v) is 5.44. The van der Waals surface area contributed by atoms with Crippen molar-refractivity contribution < 1.29 is 23.4 Å². The number of aliphatic carboxylic acids is 1. The van der Waals surface area contributed by atoms with Crippen LogP contribution in [0.2, 0.25) is 0 Å². The summed E-state index contributed by atoms with van der Waals surface area (Å²) in [5, 5.41) is 18.6. The lowest BCUT2D eigenvalue weighted by atomic mass is 10.1. The molecular formula is C15H13NO5S. The number of fused-ring (bicyclic) bond motifs is 1. The molecule has 22 heavy (non-hydrogen) atoms. The summed E-state index contributed by atoms with van der Waals surface area (Å²) in [6.45, 7) is 0. The second kappa shape index (κ2) is 5.03. The molecule has 6 nitrogen and oxygen atoms in total. The molecule has 0 saturated carbocycles. The summed E-state index contributed by atoms with van der Waals surface area (Å²) in [5.41, 5.74) is 1.06. The first-order chi connectivity index (χ1) is 10.4. The van der Waals surface area contributed by atoms with E-state index in [9.17, 15) is 23.4 Å². The molecule has 0 fully saturated rings. The summed E-state index contributed by atoms with van der Waals surface area (Å²) in [6.07, 6.45) is 0.128. The molecule has 0 unspecified atom stereocenters. The van der Waals surface area contributed by atoms with Crippen molar-refractivity contribution in [3.05, 3.63) is 54.1 Å². The monoisotopic (exact) mass is 319 g/mol. The molecule has 1 aliphatic rings. The summed E-state index contributed by atoms with van der Waals surface area (Å²) in [4.78, 5) is 11.4. The van der Waals surface area contributed by atoms with Gasteiger partial charge in [-0.1, -0.05) is 18.2 Å². The molecule has 2 aromatic carbocycles. The number of phenolic OH excluding ortho intramolecular Hbond substituents is 1. The van der Waals surface area contributed by atoms with Crippen molar-refractivity contribution in [2.45, 2.75) is 17.4 Å². The predicted molar refractivity (Wildman–Crippen MR) is 79.3 cm³/mol. The lowest BCUT2D eigenvalue weighted by Crippen LogP contribution is -2.42. The van der Waals surface area contributed by atoms with Gasteiger partial charge < -0.3 is 10.2 Å². The fourth-order valence-corrected chi connectivity index (χ4v) is 4.22. The standard InChI is InChI=1S/C15H13NO5S/c17-11-5-7-12(8-6-11)22(20,21)16-13-4-2-1-3-10(13)9-14(16)15(18)19/h1-8,14,17H,9H2,(H,18,19)/t14-/m0/s1. The minimum absolute atomic E-state index is 0.0597. The van der Waals surface area contributed by atoms with Crippen LogP contribution in [0.15, 0.2) is 53.4 Å². The molecule has 1 heterocycles. The first kappa shape index (κ1) is 14.4. The van der Waals surface area contributed by atoms with Crippen LogP contribution in [0.25, 0.3) is 0 Å². The molecule has 114 valence electrons. The van der Waals surface area contributed by atoms with E-state index >= 15 is 0 Å². The molecule has 1 aliphatic heterocycles. The molecule has 3 rings (SSSR count). The van der Waals surface area contributed by atoms with Gasteiger partial charge in [0, 0.05) is 6.42 Å². The Bertz CT molecular complexity index is 829. The van der Waals surface area contributed by atoms with Gasteiger partial charge >= 0.3 is 5.97 Å². The van der Waals surface area contributed by atoms with Crippen LogP contribution >= 0.6 is 0 Å². The van der Waals surface area contributed by atoms with E-state index in [-0.39, 0.29) is 17.1 Å². The minimum atomic E-state index is -4.02. The zero-order valence-electron chi connectivity index (χ0n) is 11.4. The molecule has 1 atom stereocenters. The van der Waals surface area contributed by atoms with Gasteiger partial charge in [0.15, 0.2) is 0 Å². The van der Waals surface area contributed by atoms with E-state index < -0.39 is 22.0 Å². The maximum absolute atomic E-state index is 12.8. The highest BCUT2D eigenvalue weighted by Gasteiger charge is 2.42. The van der Waals surface area contributed by atoms with Crippen molar-refractivity contribution in [3.63, 3.8) is 0 Å². The summed E-state index contributed by atoms with van der Waals surface area (Å²) in [5.74, 6) is -1.26. The van der Waals surface area contributed by atoms with Crippen molar-refractivity contribution in [2.75, 3.05) is 4.31 Å². The van der Waals surface area contributed by atoms with Crippen LogP contribution in [0.4, 0.5) is 5.69 Å². The van der Waals surface area contributed by atoms with Gasteiger partial charge in [-0.2, -0.15) is 0 Å². The lowest BCUT2D eigenvalue weighted by Gasteiger charge is -2.24. The molecule has 2 aromatic rings. The molecule has 0 aliphatic carbocycles. The second-order valence-electron chi connectivity index (χ2n) is 4.98. The van der Waals surface area contributed by atoms with E-state index in [1.54, 1.807) is 24.3 Å². The van der Waals surface area contributed by atoms with Crippen molar-refractivity contribution in [2.24, 2.45) is 0 Å². The number of carboxylic acid groups (broad SMARTS) is 1. The Morgan fingerprint density at radius 1 is 1.09 bits per heavy atom. The number of benzene rings is 2. The van der Waals surface area contributed by atoms with Gasteiger partial charge in [-0.3, -0.25) is 4.31 Å². The van der Waals surface area contributed by atoms with Gasteiger partial charge in [-0.15, -0.1) is 0 Å². The fraction of sp³-hybridized carbons (Fsp3) is 0.133. The van der Waals surface area contributed by atoms with Crippen LogP contribution in [0.5, 0.6) is 5.75 Å². The molecule has 0 bridgehead atoms. The summed E-state index contributed by atoms with van der Waals surface area (Å²) in [6, 6.07) is 10.6. The number of hydrogen-bond acceptors (Lipinski definition) is 4. The highest BCUT2D eigenvalue weighted by Crippen LogP contribution is 2.36. The van der Waals surface area contributed by atoms with E-state index in [1.807, 2.05) is 0 Å². The van der Waals surface area contributed by atoms with Crippen molar-refractivity contribution in [1.29, 1.82) is 0 Å². The number of anilines is 1. The Kier molecular flexibility index (Phi) is 3.29. The molecule has 7 heteroatoms. The van der Waals surface area contributed by atoms with E-state index in [4.69, 9.17) is 0 Å². The van der Waals surface area contributed by atoms with Gasteiger partial charge in [-0.25, -0.2) is 13.2 Å². The second-order valence-corrected chi connectivity index (χ2v) is 6.80. The minimum Gasteiger partial charge on any atom is -0.508 e.